The number of rotatable bonds is 7. The average molecular weight is 278 g/mol. The lowest BCUT2D eigenvalue weighted by Crippen LogP contribution is -2.30. The zero-order valence-electron chi connectivity index (χ0n) is 11.6. The molecule has 108 valence electrons. The molecular formula is C15H19FN2O2. The quantitative estimate of drug-likeness (QED) is 0.839. The van der Waals surface area contributed by atoms with Gasteiger partial charge in [0.25, 0.3) is 0 Å². The number of hydrogen-bond acceptors (Lipinski definition) is 4. The molecule has 0 unspecified atom stereocenters. The van der Waals surface area contributed by atoms with E-state index in [1.165, 1.54) is 12.1 Å². The normalized spacial score (nSPS) is 11.4. The Balaban J connectivity index is 2.26. The van der Waals surface area contributed by atoms with Gasteiger partial charge in [-0.15, -0.1) is 0 Å². The van der Waals surface area contributed by atoms with E-state index in [-0.39, 0.29) is 12.4 Å². The molecule has 0 aliphatic rings. The number of benzene rings is 1. The lowest BCUT2D eigenvalue weighted by Gasteiger charge is -2.21. The minimum atomic E-state index is -0.267. The average Bonchev–Trinajstić information content (AvgIpc) is 2.44. The fourth-order valence-corrected chi connectivity index (χ4v) is 2.22. The van der Waals surface area contributed by atoms with E-state index in [0.717, 1.165) is 16.5 Å². The third kappa shape index (κ3) is 3.72. The van der Waals surface area contributed by atoms with Gasteiger partial charge in [0.15, 0.2) is 0 Å². The number of hydrogen-bond donors (Lipinski definition) is 1. The smallest absolute Gasteiger partial charge is 0.124 e. The lowest BCUT2D eigenvalue weighted by atomic mass is 10.1. The van der Waals surface area contributed by atoms with Gasteiger partial charge in [0.1, 0.15) is 5.82 Å². The summed E-state index contributed by atoms with van der Waals surface area (Å²) in [6, 6.07) is 6.63. The Hall–Kier alpha value is -1.56. The first-order chi connectivity index (χ1) is 9.74. The summed E-state index contributed by atoms with van der Waals surface area (Å²) in [5.41, 5.74) is 1.62. The van der Waals surface area contributed by atoms with Gasteiger partial charge in [0, 0.05) is 38.3 Å². The van der Waals surface area contributed by atoms with Gasteiger partial charge >= 0.3 is 0 Å². The molecule has 0 saturated heterocycles. The highest BCUT2D eigenvalue weighted by Gasteiger charge is 2.10. The summed E-state index contributed by atoms with van der Waals surface area (Å²) in [5.74, 6) is -0.267. The molecule has 0 atom stereocenters. The van der Waals surface area contributed by atoms with Gasteiger partial charge in [0.2, 0.25) is 0 Å². The zero-order valence-corrected chi connectivity index (χ0v) is 11.6. The molecule has 5 heteroatoms. The third-order valence-electron chi connectivity index (χ3n) is 3.17. The van der Waals surface area contributed by atoms with Crippen LogP contribution in [0.1, 0.15) is 5.56 Å². The van der Waals surface area contributed by atoms with Gasteiger partial charge in [-0.05, 0) is 23.8 Å². The molecule has 20 heavy (non-hydrogen) atoms. The summed E-state index contributed by atoms with van der Waals surface area (Å²) in [5, 5.41) is 9.90. The largest absolute Gasteiger partial charge is 0.395 e. The van der Waals surface area contributed by atoms with Crippen molar-refractivity contribution in [1.29, 1.82) is 0 Å². The molecule has 1 aromatic carbocycles. The van der Waals surface area contributed by atoms with Crippen molar-refractivity contribution in [2.24, 2.45) is 0 Å². The highest BCUT2D eigenvalue weighted by Crippen LogP contribution is 2.19. The first kappa shape index (κ1) is 14.8. The summed E-state index contributed by atoms with van der Waals surface area (Å²) >= 11 is 0. The van der Waals surface area contributed by atoms with Crippen LogP contribution in [0.4, 0.5) is 4.39 Å². The number of ether oxygens (including phenoxy) is 1. The summed E-state index contributed by atoms with van der Waals surface area (Å²) in [4.78, 5) is 6.35. The van der Waals surface area contributed by atoms with Crippen molar-refractivity contribution in [2.45, 2.75) is 6.54 Å². The molecule has 1 aromatic heterocycles. The fraction of sp³-hybridized carbons (Fsp3) is 0.400. The first-order valence-corrected chi connectivity index (χ1v) is 6.60. The molecule has 0 amide bonds. The van der Waals surface area contributed by atoms with Gasteiger partial charge in [-0.25, -0.2) is 4.39 Å². The Morgan fingerprint density at radius 2 is 2.20 bits per heavy atom. The molecule has 0 saturated carbocycles. The topological polar surface area (TPSA) is 45.6 Å². The maximum atomic E-state index is 13.7. The molecule has 0 fully saturated rings. The van der Waals surface area contributed by atoms with E-state index in [9.17, 15) is 4.39 Å². The highest BCUT2D eigenvalue weighted by molar-refractivity contribution is 5.81. The fourth-order valence-electron chi connectivity index (χ4n) is 2.22. The number of pyridine rings is 1. The minimum Gasteiger partial charge on any atom is -0.395 e. The molecular weight excluding hydrogens is 259 g/mol. The van der Waals surface area contributed by atoms with E-state index in [4.69, 9.17) is 9.84 Å². The van der Waals surface area contributed by atoms with Crippen LogP contribution in [0.3, 0.4) is 0 Å². The number of nitrogens with zero attached hydrogens (tertiary/aromatic N) is 2. The van der Waals surface area contributed by atoms with E-state index < -0.39 is 0 Å². The molecule has 2 rings (SSSR count). The monoisotopic (exact) mass is 278 g/mol. The molecule has 0 radical (unpaired) electrons. The number of aromatic nitrogens is 1. The second-order valence-corrected chi connectivity index (χ2v) is 4.63. The maximum Gasteiger partial charge on any atom is 0.124 e. The highest BCUT2D eigenvalue weighted by atomic mass is 19.1. The first-order valence-electron chi connectivity index (χ1n) is 6.60. The molecule has 1 N–H and O–H groups in total. The Labute approximate surface area is 117 Å². The SMILES string of the molecule is COCCN(CCO)Cc1cc(F)cc2cccnc12. The van der Waals surface area contributed by atoms with E-state index in [1.54, 1.807) is 19.4 Å². The van der Waals surface area contributed by atoms with Crippen LogP contribution in [-0.2, 0) is 11.3 Å². The Morgan fingerprint density at radius 1 is 1.35 bits per heavy atom. The predicted octanol–water partition coefficient (Wildman–Crippen LogP) is 1.81. The lowest BCUT2D eigenvalue weighted by molar-refractivity contribution is 0.127. The standard InChI is InChI=1S/C15H19FN2O2/c1-20-8-6-18(5-7-19)11-13-10-14(16)9-12-3-2-4-17-15(12)13/h2-4,9-10,19H,5-8,11H2,1H3. The van der Waals surface area contributed by atoms with Crippen molar-refractivity contribution in [1.82, 2.24) is 9.88 Å². The van der Waals surface area contributed by atoms with Gasteiger partial charge < -0.3 is 9.84 Å². The molecule has 2 aromatic rings. The number of halogens is 1. The van der Waals surface area contributed by atoms with Crippen LogP contribution < -0.4 is 0 Å². The van der Waals surface area contributed by atoms with Gasteiger partial charge in [-0.3, -0.25) is 9.88 Å². The van der Waals surface area contributed by atoms with Crippen molar-refractivity contribution in [2.75, 3.05) is 33.4 Å². The van der Waals surface area contributed by atoms with E-state index in [2.05, 4.69) is 4.98 Å². The molecule has 0 spiro atoms. The Morgan fingerprint density at radius 3 is 2.95 bits per heavy atom. The van der Waals surface area contributed by atoms with Crippen molar-refractivity contribution >= 4 is 10.9 Å². The molecule has 1 heterocycles. The maximum absolute atomic E-state index is 13.7. The molecule has 0 bridgehead atoms. The molecule has 0 aliphatic carbocycles. The van der Waals surface area contributed by atoms with Crippen molar-refractivity contribution < 1.29 is 14.2 Å². The van der Waals surface area contributed by atoms with Gasteiger partial charge in [-0.2, -0.15) is 0 Å². The van der Waals surface area contributed by atoms with Crippen molar-refractivity contribution in [3.8, 4) is 0 Å². The Bertz CT molecular complexity index is 563. The van der Waals surface area contributed by atoms with Crippen LogP contribution in [0, 0.1) is 5.82 Å². The molecule has 0 aliphatic heterocycles. The Kier molecular flexibility index (Phi) is 5.40. The summed E-state index contributed by atoms with van der Waals surface area (Å²) < 4.78 is 18.7. The number of aliphatic hydroxyl groups is 1. The van der Waals surface area contributed by atoms with Crippen molar-refractivity contribution in [3.63, 3.8) is 0 Å². The summed E-state index contributed by atoms with van der Waals surface area (Å²) in [6.07, 6.45) is 1.70. The van der Waals surface area contributed by atoms with Crippen LogP contribution >= 0.6 is 0 Å². The van der Waals surface area contributed by atoms with Crippen LogP contribution in [0.25, 0.3) is 10.9 Å². The number of methoxy groups -OCH3 is 1. The van der Waals surface area contributed by atoms with E-state index >= 15 is 0 Å². The third-order valence-corrected chi connectivity index (χ3v) is 3.17. The van der Waals surface area contributed by atoms with Crippen LogP contribution in [0.2, 0.25) is 0 Å². The van der Waals surface area contributed by atoms with Crippen molar-refractivity contribution in [3.05, 3.63) is 41.8 Å². The predicted molar refractivity (Wildman–Crippen MR) is 75.9 cm³/mol. The van der Waals surface area contributed by atoms with Gasteiger partial charge in [0.05, 0.1) is 18.7 Å². The van der Waals surface area contributed by atoms with Crippen LogP contribution in [-0.4, -0.2) is 48.4 Å². The summed E-state index contributed by atoms with van der Waals surface area (Å²) in [7, 11) is 1.64. The number of aliphatic hydroxyl groups excluding tert-OH is 1. The second kappa shape index (κ2) is 7.28. The number of fused-ring (bicyclic) bond motifs is 1. The molecule has 4 nitrogen and oxygen atoms in total. The second-order valence-electron chi connectivity index (χ2n) is 4.63. The minimum absolute atomic E-state index is 0.0599. The van der Waals surface area contributed by atoms with Crippen LogP contribution in [0.15, 0.2) is 30.5 Å². The summed E-state index contributed by atoms with van der Waals surface area (Å²) in [6.45, 7) is 2.37. The van der Waals surface area contributed by atoms with E-state index in [0.29, 0.717) is 26.2 Å². The van der Waals surface area contributed by atoms with E-state index in [1.807, 2.05) is 11.0 Å². The van der Waals surface area contributed by atoms with Gasteiger partial charge in [-0.1, -0.05) is 6.07 Å². The zero-order chi connectivity index (χ0) is 14.4. The van der Waals surface area contributed by atoms with Crippen LogP contribution in [0.5, 0.6) is 0 Å².